The number of fused-ring (bicyclic) bond motifs is 5. The van der Waals surface area contributed by atoms with Gasteiger partial charge in [-0.3, -0.25) is 0 Å². The smallest absolute Gasteiger partial charge is 0.0630 e. The predicted molar refractivity (Wildman–Crippen MR) is 131 cm³/mol. The minimum atomic E-state index is -0.233. The van der Waals surface area contributed by atoms with E-state index in [9.17, 15) is 10.2 Å². The van der Waals surface area contributed by atoms with E-state index < -0.39 is 0 Å². The molecule has 178 valence electrons. The van der Waals surface area contributed by atoms with Gasteiger partial charge in [0.05, 0.1) is 12.2 Å². The summed E-state index contributed by atoms with van der Waals surface area (Å²) in [4.78, 5) is 0. The first kappa shape index (κ1) is 22.9. The van der Waals surface area contributed by atoms with E-state index >= 15 is 0 Å². The van der Waals surface area contributed by atoms with Crippen LogP contribution in [0.5, 0.6) is 0 Å². The van der Waals surface area contributed by atoms with Crippen molar-refractivity contribution in [1.82, 2.24) is 0 Å². The lowest BCUT2D eigenvalue weighted by atomic mass is 9.27. The van der Waals surface area contributed by atoms with Gasteiger partial charge in [0.15, 0.2) is 0 Å². The van der Waals surface area contributed by atoms with Crippen LogP contribution in [0.1, 0.15) is 98.5 Å². The van der Waals surface area contributed by atoms with E-state index in [2.05, 4.69) is 71.9 Å². The number of aliphatic hydroxyl groups is 2. The zero-order valence-electron chi connectivity index (χ0n) is 21.4. The molecule has 0 aliphatic heterocycles. The Morgan fingerprint density at radius 1 is 0.719 bits per heavy atom. The van der Waals surface area contributed by atoms with Crippen molar-refractivity contribution in [2.75, 3.05) is 0 Å². The lowest BCUT2D eigenvalue weighted by molar-refractivity contribution is -0.292. The highest BCUT2D eigenvalue weighted by Gasteiger charge is 2.77. The minimum absolute atomic E-state index is 0.0288. The zero-order chi connectivity index (χ0) is 23.2. The fourth-order valence-corrected chi connectivity index (χ4v) is 10.4. The largest absolute Gasteiger partial charge is 0.393 e. The summed E-state index contributed by atoms with van der Waals surface area (Å²) in [7, 11) is 0. The summed E-state index contributed by atoms with van der Waals surface area (Å²) in [6.45, 7) is 15.3. The second kappa shape index (κ2) is 6.85. The molecule has 4 aliphatic carbocycles. The second-order valence-electron chi connectivity index (χ2n) is 13.8. The van der Waals surface area contributed by atoms with Gasteiger partial charge in [0.25, 0.3) is 0 Å². The van der Waals surface area contributed by atoms with Crippen LogP contribution >= 0.6 is 0 Å². The fraction of sp³-hybridized carbons (Fsp3) is 0.800. The molecule has 5 rings (SSSR count). The summed E-state index contributed by atoms with van der Waals surface area (Å²) in [5, 5.41) is 22.4. The normalized spacial score (nSPS) is 55.1. The molecular weight excluding hydrogens is 392 g/mol. The number of rotatable bonds is 2. The van der Waals surface area contributed by atoms with Crippen LogP contribution < -0.4 is 0 Å². The molecule has 1 aromatic rings. The van der Waals surface area contributed by atoms with Crippen molar-refractivity contribution >= 4 is 0 Å². The first-order chi connectivity index (χ1) is 14.9. The third-order valence-corrected chi connectivity index (χ3v) is 13.3. The second-order valence-corrected chi connectivity index (χ2v) is 13.8. The molecule has 0 radical (unpaired) electrons. The van der Waals surface area contributed by atoms with Crippen LogP contribution in [0.3, 0.4) is 0 Å². The number of hydrogen-bond donors (Lipinski definition) is 2. The number of hydrogen-bond acceptors (Lipinski definition) is 2. The molecule has 1 aromatic carbocycles. The molecule has 0 spiro atoms. The number of aliphatic hydroxyl groups excluding tert-OH is 2. The van der Waals surface area contributed by atoms with E-state index in [4.69, 9.17) is 0 Å². The topological polar surface area (TPSA) is 40.5 Å². The Balaban J connectivity index is 1.56. The van der Waals surface area contributed by atoms with Gasteiger partial charge in [0.1, 0.15) is 0 Å². The molecule has 0 amide bonds. The molecule has 2 nitrogen and oxygen atoms in total. The molecule has 0 aromatic heterocycles. The Labute approximate surface area is 196 Å². The van der Waals surface area contributed by atoms with Crippen LogP contribution in [-0.4, -0.2) is 22.4 Å². The molecule has 0 saturated heterocycles. The van der Waals surface area contributed by atoms with Gasteiger partial charge in [-0.2, -0.15) is 0 Å². The average Bonchev–Trinajstić information content (AvgIpc) is 2.95. The maximum Gasteiger partial charge on any atom is 0.0630 e. The third kappa shape index (κ3) is 2.50. The highest BCUT2D eigenvalue weighted by molar-refractivity contribution is 5.27. The molecule has 4 fully saturated rings. The van der Waals surface area contributed by atoms with Gasteiger partial charge in [-0.25, -0.2) is 0 Å². The quantitative estimate of drug-likeness (QED) is 0.534. The van der Waals surface area contributed by atoms with Crippen LogP contribution in [0, 0.1) is 38.4 Å². The van der Waals surface area contributed by atoms with Gasteiger partial charge < -0.3 is 10.2 Å². The zero-order valence-corrected chi connectivity index (χ0v) is 21.4. The van der Waals surface area contributed by atoms with Gasteiger partial charge in [-0.05, 0) is 102 Å². The number of benzene rings is 1. The molecule has 32 heavy (non-hydrogen) atoms. The summed E-state index contributed by atoms with van der Waals surface area (Å²) in [5.41, 5.74) is 2.31. The molecule has 4 aliphatic rings. The monoisotopic (exact) mass is 438 g/mol. The third-order valence-electron chi connectivity index (χ3n) is 13.3. The van der Waals surface area contributed by atoms with Crippen LogP contribution in [0.4, 0.5) is 0 Å². The van der Waals surface area contributed by atoms with E-state index in [-0.39, 0.29) is 44.7 Å². The highest BCUT2D eigenvalue weighted by atomic mass is 16.3. The molecule has 0 unspecified atom stereocenters. The van der Waals surface area contributed by atoms with E-state index in [1.54, 1.807) is 0 Å². The van der Waals surface area contributed by atoms with Crippen molar-refractivity contribution in [2.24, 2.45) is 38.4 Å². The van der Waals surface area contributed by atoms with Crippen molar-refractivity contribution in [3.8, 4) is 0 Å². The van der Waals surface area contributed by atoms with Crippen LogP contribution in [0.25, 0.3) is 0 Å². The Morgan fingerprint density at radius 3 is 2.03 bits per heavy atom. The lowest BCUT2D eigenvalue weighted by Crippen LogP contribution is -2.70. The maximum atomic E-state index is 11.8. The Bertz CT molecular complexity index is 882. The van der Waals surface area contributed by atoms with E-state index in [0.717, 1.165) is 38.5 Å². The molecule has 9 atom stereocenters. The van der Waals surface area contributed by atoms with Gasteiger partial charge in [-0.1, -0.05) is 71.9 Å². The van der Waals surface area contributed by atoms with Crippen molar-refractivity contribution < 1.29 is 10.2 Å². The Morgan fingerprint density at radius 2 is 1.34 bits per heavy atom. The summed E-state index contributed by atoms with van der Waals surface area (Å²) >= 11 is 0. The summed E-state index contributed by atoms with van der Waals surface area (Å²) in [6, 6.07) is 10.8. The van der Waals surface area contributed by atoms with E-state index in [0.29, 0.717) is 5.92 Å². The van der Waals surface area contributed by atoms with Gasteiger partial charge in [0, 0.05) is 0 Å². The maximum absolute atomic E-state index is 11.8. The van der Waals surface area contributed by atoms with Crippen LogP contribution in [-0.2, 0) is 6.42 Å². The summed E-state index contributed by atoms with van der Waals surface area (Å²) in [6.07, 6.45) is 9.55. The fourth-order valence-electron chi connectivity index (χ4n) is 10.4. The minimum Gasteiger partial charge on any atom is -0.393 e. The molecule has 4 saturated carbocycles. The average molecular weight is 439 g/mol. The SMILES string of the molecule is C[C@@]12CC[C@]3(C)[C@](C)(CC[C@]4(C)[C@H](O)[C@@H](Cc5ccccc5)C[C@@]34C)[C@@]1(C)CC[C@H](O)C2. The van der Waals surface area contributed by atoms with Crippen molar-refractivity contribution in [2.45, 2.75) is 112 Å². The molecular formula is C30H46O2. The Hall–Kier alpha value is -0.860. The predicted octanol–water partition coefficient (Wildman–Crippen LogP) is 6.78. The molecule has 0 heterocycles. The van der Waals surface area contributed by atoms with Crippen molar-refractivity contribution in [3.63, 3.8) is 0 Å². The van der Waals surface area contributed by atoms with Crippen LogP contribution in [0.2, 0.25) is 0 Å². The molecule has 2 heteroatoms. The van der Waals surface area contributed by atoms with Crippen LogP contribution in [0.15, 0.2) is 30.3 Å². The molecule has 2 N–H and O–H groups in total. The van der Waals surface area contributed by atoms with Gasteiger partial charge in [0.2, 0.25) is 0 Å². The standard InChI is InChI=1S/C30H46O2/c1-25-14-16-29(5)28(4,27(25,3)13-12-23(31)20-25)17-15-26(2)24(32)22(19-30(26,29)6)18-21-10-8-7-9-11-21/h7-11,22-24,31-32H,12-20H2,1-6H3/t22-,23-,24+,25-,26+,27-,28+,29+,30+/m0/s1. The van der Waals surface area contributed by atoms with Gasteiger partial charge in [-0.15, -0.1) is 0 Å². The first-order valence-corrected chi connectivity index (χ1v) is 13.3. The van der Waals surface area contributed by atoms with Crippen molar-refractivity contribution in [3.05, 3.63) is 35.9 Å². The van der Waals surface area contributed by atoms with E-state index in [1.165, 1.54) is 24.8 Å². The van der Waals surface area contributed by atoms with Gasteiger partial charge >= 0.3 is 0 Å². The lowest BCUT2D eigenvalue weighted by Gasteiger charge is -2.77. The van der Waals surface area contributed by atoms with E-state index in [1.807, 2.05) is 0 Å². The highest BCUT2D eigenvalue weighted by Crippen LogP contribution is 2.83. The summed E-state index contributed by atoms with van der Waals surface area (Å²) in [5.74, 6) is 0.334. The van der Waals surface area contributed by atoms with Crippen molar-refractivity contribution in [1.29, 1.82) is 0 Å². The first-order valence-electron chi connectivity index (χ1n) is 13.3. The molecule has 0 bridgehead atoms. The Kier molecular flexibility index (Phi) is 4.90. The summed E-state index contributed by atoms with van der Waals surface area (Å²) < 4.78 is 0.